The number of nitrogens with zero attached hydrogens (tertiary/aromatic N) is 1. The number of rotatable bonds is 5. The highest BCUT2D eigenvalue weighted by molar-refractivity contribution is 5.90. The molecule has 4 heteroatoms. The van der Waals surface area contributed by atoms with Gasteiger partial charge in [-0.3, -0.25) is 4.79 Å². The summed E-state index contributed by atoms with van der Waals surface area (Å²) >= 11 is 0. The summed E-state index contributed by atoms with van der Waals surface area (Å²) < 4.78 is 0. The molecule has 2 N–H and O–H groups in total. The van der Waals surface area contributed by atoms with E-state index in [1.54, 1.807) is 54.7 Å². The van der Waals surface area contributed by atoms with Gasteiger partial charge in [0.25, 0.3) is 5.91 Å². The molecule has 2 aromatic carbocycles. The largest absolute Gasteiger partial charge is 0.372 e. The molecule has 1 amide bonds. The fourth-order valence-electron chi connectivity index (χ4n) is 2.11. The number of nitrogens with one attached hydrogen (secondary N) is 1. The van der Waals surface area contributed by atoms with Crippen molar-refractivity contribution in [2.45, 2.75) is 19.4 Å². The smallest absolute Gasteiger partial charge is 0.281 e. The molecule has 114 valence electrons. The van der Waals surface area contributed by atoms with Crippen molar-refractivity contribution in [1.82, 2.24) is 5.43 Å². The molecule has 0 fully saturated rings. The average molecular weight is 296 g/mol. The number of amides is 1. The van der Waals surface area contributed by atoms with Crippen LogP contribution in [-0.4, -0.2) is 17.2 Å². The van der Waals surface area contributed by atoms with E-state index >= 15 is 0 Å². The zero-order chi connectivity index (χ0) is 16.0. The molecular formula is C18H20N2O2. The molecule has 0 radical (unpaired) electrons. The van der Waals surface area contributed by atoms with Crippen LogP contribution in [0, 0.1) is 5.92 Å². The third-order valence-corrected chi connectivity index (χ3v) is 3.25. The lowest BCUT2D eigenvalue weighted by Crippen LogP contribution is -2.43. The Labute approximate surface area is 130 Å². The third kappa shape index (κ3) is 3.40. The topological polar surface area (TPSA) is 61.7 Å². The molecule has 0 aliphatic heterocycles. The molecule has 0 saturated carbocycles. The molecule has 0 aliphatic rings. The normalized spacial score (nSPS) is 11.8. The van der Waals surface area contributed by atoms with Gasteiger partial charge in [0.15, 0.2) is 5.60 Å². The molecule has 2 aromatic rings. The number of hydrogen-bond acceptors (Lipinski definition) is 3. The van der Waals surface area contributed by atoms with Crippen LogP contribution in [0.15, 0.2) is 65.8 Å². The summed E-state index contributed by atoms with van der Waals surface area (Å²) in [5, 5.41) is 15.0. The Kier molecular flexibility index (Phi) is 5.07. The van der Waals surface area contributed by atoms with Crippen LogP contribution in [0.5, 0.6) is 0 Å². The fourth-order valence-corrected chi connectivity index (χ4v) is 2.11. The maximum atomic E-state index is 12.6. The Morgan fingerprint density at radius 1 is 1.05 bits per heavy atom. The van der Waals surface area contributed by atoms with Crippen molar-refractivity contribution in [2.24, 2.45) is 11.0 Å². The second-order valence-corrected chi connectivity index (χ2v) is 5.41. The Balaban J connectivity index is 2.41. The number of carbonyl (C=O) groups excluding carboxylic acids is 1. The van der Waals surface area contributed by atoms with Gasteiger partial charge in [0.2, 0.25) is 0 Å². The van der Waals surface area contributed by atoms with Crippen LogP contribution in [0.1, 0.15) is 25.0 Å². The van der Waals surface area contributed by atoms with Crippen LogP contribution in [0.3, 0.4) is 0 Å². The number of hydrazone groups is 1. The first kappa shape index (κ1) is 15.9. The standard InChI is InChI=1S/C18H20N2O2/c1-14(2)13-19-20-17(21)18(22,15-9-5-3-6-10-15)16-11-7-4-8-12-16/h3-14,22H,1-2H3,(H,20,21)/b19-13-. The lowest BCUT2D eigenvalue weighted by molar-refractivity contribution is -0.136. The minimum Gasteiger partial charge on any atom is -0.372 e. The molecule has 0 aromatic heterocycles. The number of benzene rings is 2. The second kappa shape index (κ2) is 7.00. The quantitative estimate of drug-likeness (QED) is 0.658. The van der Waals surface area contributed by atoms with E-state index in [1.165, 1.54) is 0 Å². The minimum atomic E-state index is -1.78. The molecule has 0 atom stereocenters. The predicted octanol–water partition coefficient (Wildman–Crippen LogP) is 2.68. The van der Waals surface area contributed by atoms with Gasteiger partial charge in [0.1, 0.15) is 0 Å². The summed E-state index contributed by atoms with van der Waals surface area (Å²) in [6.45, 7) is 3.91. The van der Waals surface area contributed by atoms with Crippen molar-refractivity contribution in [1.29, 1.82) is 0 Å². The Hall–Kier alpha value is -2.46. The van der Waals surface area contributed by atoms with E-state index in [9.17, 15) is 9.90 Å². The monoisotopic (exact) mass is 296 g/mol. The van der Waals surface area contributed by atoms with E-state index < -0.39 is 11.5 Å². The molecule has 0 bridgehead atoms. The zero-order valence-corrected chi connectivity index (χ0v) is 12.7. The van der Waals surface area contributed by atoms with E-state index in [-0.39, 0.29) is 5.92 Å². The van der Waals surface area contributed by atoms with Gasteiger partial charge >= 0.3 is 0 Å². The van der Waals surface area contributed by atoms with Crippen molar-refractivity contribution >= 4 is 12.1 Å². The Morgan fingerprint density at radius 2 is 1.50 bits per heavy atom. The van der Waals surface area contributed by atoms with E-state index in [0.717, 1.165) is 0 Å². The van der Waals surface area contributed by atoms with E-state index in [4.69, 9.17) is 0 Å². The highest BCUT2D eigenvalue weighted by atomic mass is 16.3. The van der Waals surface area contributed by atoms with E-state index in [0.29, 0.717) is 11.1 Å². The Morgan fingerprint density at radius 3 is 1.91 bits per heavy atom. The molecule has 0 heterocycles. The molecule has 2 rings (SSSR count). The summed E-state index contributed by atoms with van der Waals surface area (Å²) in [7, 11) is 0. The first-order chi connectivity index (χ1) is 10.5. The number of carbonyl (C=O) groups is 1. The van der Waals surface area contributed by atoms with Gasteiger partial charge < -0.3 is 5.11 Å². The SMILES string of the molecule is CC(C)/C=N\NC(=O)C(O)(c1ccccc1)c1ccccc1. The molecule has 4 nitrogen and oxygen atoms in total. The first-order valence-corrected chi connectivity index (χ1v) is 7.22. The van der Waals surface area contributed by atoms with Crippen molar-refractivity contribution in [3.05, 3.63) is 71.8 Å². The van der Waals surface area contributed by atoms with Crippen LogP contribution < -0.4 is 5.43 Å². The van der Waals surface area contributed by atoms with E-state index in [1.807, 2.05) is 26.0 Å². The Bertz CT molecular complexity index is 597. The van der Waals surface area contributed by atoms with Crippen molar-refractivity contribution < 1.29 is 9.90 Å². The second-order valence-electron chi connectivity index (χ2n) is 5.41. The van der Waals surface area contributed by atoms with Crippen molar-refractivity contribution in [3.8, 4) is 0 Å². The molecule has 0 spiro atoms. The number of hydrogen-bond donors (Lipinski definition) is 2. The molecule has 22 heavy (non-hydrogen) atoms. The van der Waals surface area contributed by atoms with Gasteiger partial charge in [0, 0.05) is 6.21 Å². The fraction of sp³-hybridized carbons (Fsp3) is 0.222. The van der Waals surface area contributed by atoms with Gasteiger partial charge in [-0.25, -0.2) is 5.43 Å². The summed E-state index contributed by atoms with van der Waals surface area (Å²) in [4.78, 5) is 12.6. The number of aliphatic hydroxyl groups is 1. The first-order valence-electron chi connectivity index (χ1n) is 7.22. The van der Waals surface area contributed by atoms with Crippen molar-refractivity contribution in [3.63, 3.8) is 0 Å². The predicted molar refractivity (Wildman–Crippen MR) is 87.4 cm³/mol. The summed E-state index contributed by atoms with van der Waals surface area (Å²) in [5.41, 5.74) is 1.65. The lowest BCUT2D eigenvalue weighted by Gasteiger charge is -2.27. The van der Waals surface area contributed by atoms with Gasteiger partial charge in [-0.05, 0) is 17.0 Å². The van der Waals surface area contributed by atoms with Crippen LogP contribution in [0.2, 0.25) is 0 Å². The molecule has 0 saturated heterocycles. The van der Waals surface area contributed by atoms with Crippen LogP contribution in [0.25, 0.3) is 0 Å². The average Bonchev–Trinajstić information content (AvgIpc) is 2.55. The maximum absolute atomic E-state index is 12.6. The van der Waals surface area contributed by atoms with Crippen molar-refractivity contribution in [2.75, 3.05) is 0 Å². The van der Waals surface area contributed by atoms with Gasteiger partial charge in [-0.15, -0.1) is 0 Å². The van der Waals surface area contributed by atoms with Crippen LogP contribution in [-0.2, 0) is 10.4 Å². The highest BCUT2D eigenvalue weighted by Crippen LogP contribution is 2.29. The van der Waals surface area contributed by atoms with E-state index in [2.05, 4.69) is 10.5 Å². The van der Waals surface area contributed by atoms with Gasteiger partial charge in [-0.2, -0.15) is 5.10 Å². The van der Waals surface area contributed by atoms with Crippen LogP contribution >= 0.6 is 0 Å². The summed E-state index contributed by atoms with van der Waals surface area (Å²) in [6.07, 6.45) is 1.62. The molecule has 0 aliphatic carbocycles. The van der Waals surface area contributed by atoms with Gasteiger partial charge in [-0.1, -0.05) is 74.5 Å². The maximum Gasteiger partial charge on any atom is 0.281 e. The minimum absolute atomic E-state index is 0.210. The third-order valence-electron chi connectivity index (χ3n) is 3.25. The van der Waals surface area contributed by atoms with Crippen LogP contribution in [0.4, 0.5) is 0 Å². The summed E-state index contributed by atoms with van der Waals surface area (Å²) in [6, 6.07) is 17.7. The molecule has 0 unspecified atom stereocenters. The summed E-state index contributed by atoms with van der Waals surface area (Å²) in [5.74, 6) is -0.372. The highest BCUT2D eigenvalue weighted by Gasteiger charge is 2.39. The molecular weight excluding hydrogens is 276 g/mol. The lowest BCUT2D eigenvalue weighted by atomic mass is 9.85. The zero-order valence-electron chi connectivity index (χ0n) is 12.7. The van der Waals surface area contributed by atoms with Gasteiger partial charge in [0.05, 0.1) is 0 Å².